The first-order valence-electron chi connectivity index (χ1n) is 8.71. The standard InChI is InChI=1S/C20H13ClFN5O3/c21-13-3-1-2-12(10-13)19-24-20(30-26-19)16-8-9-18(29)27(25-16)11-17(28)23-15-6-4-14(22)5-7-15/h1-10H,11H2,(H,23,28). The van der Waals surface area contributed by atoms with Crippen molar-refractivity contribution in [2.45, 2.75) is 6.54 Å². The summed E-state index contributed by atoms with van der Waals surface area (Å²) in [6.07, 6.45) is 0. The van der Waals surface area contributed by atoms with E-state index in [1.54, 1.807) is 24.3 Å². The van der Waals surface area contributed by atoms with E-state index in [1.807, 2.05) is 0 Å². The van der Waals surface area contributed by atoms with Gasteiger partial charge in [-0.3, -0.25) is 9.59 Å². The zero-order valence-corrected chi connectivity index (χ0v) is 16.0. The van der Waals surface area contributed by atoms with Gasteiger partial charge in [-0.15, -0.1) is 0 Å². The van der Waals surface area contributed by atoms with Crippen LogP contribution in [0.2, 0.25) is 5.02 Å². The third-order valence-corrected chi connectivity index (χ3v) is 4.25. The predicted molar refractivity (Wildman–Crippen MR) is 107 cm³/mol. The number of nitrogens with zero attached hydrogens (tertiary/aromatic N) is 4. The van der Waals surface area contributed by atoms with Gasteiger partial charge in [0, 0.05) is 22.3 Å². The first-order chi connectivity index (χ1) is 14.5. The molecule has 0 aliphatic rings. The van der Waals surface area contributed by atoms with Crippen molar-refractivity contribution in [1.29, 1.82) is 0 Å². The van der Waals surface area contributed by atoms with Crippen molar-refractivity contribution in [2.75, 3.05) is 5.32 Å². The van der Waals surface area contributed by atoms with E-state index >= 15 is 0 Å². The van der Waals surface area contributed by atoms with Gasteiger partial charge in [-0.2, -0.15) is 10.1 Å². The van der Waals surface area contributed by atoms with Crippen LogP contribution in [0.3, 0.4) is 0 Å². The summed E-state index contributed by atoms with van der Waals surface area (Å²) in [5, 5.41) is 11.1. The molecule has 0 radical (unpaired) electrons. The average Bonchev–Trinajstić information content (AvgIpc) is 3.22. The van der Waals surface area contributed by atoms with Gasteiger partial charge in [-0.05, 0) is 42.5 Å². The highest BCUT2D eigenvalue weighted by molar-refractivity contribution is 6.30. The molecule has 10 heteroatoms. The first-order valence-corrected chi connectivity index (χ1v) is 9.09. The Morgan fingerprint density at radius 3 is 2.70 bits per heavy atom. The normalized spacial score (nSPS) is 10.7. The monoisotopic (exact) mass is 425 g/mol. The minimum Gasteiger partial charge on any atom is -0.332 e. The highest BCUT2D eigenvalue weighted by Crippen LogP contribution is 2.22. The van der Waals surface area contributed by atoms with Crippen LogP contribution in [0.4, 0.5) is 10.1 Å². The highest BCUT2D eigenvalue weighted by Gasteiger charge is 2.14. The number of carbonyl (C=O) groups excluding carboxylic acids is 1. The van der Waals surface area contributed by atoms with E-state index in [2.05, 4.69) is 20.6 Å². The van der Waals surface area contributed by atoms with Crippen molar-refractivity contribution in [3.05, 3.63) is 81.9 Å². The second-order valence-corrected chi connectivity index (χ2v) is 6.64. The number of nitrogens with one attached hydrogen (secondary N) is 1. The Morgan fingerprint density at radius 2 is 1.93 bits per heavy atom. The SMILES string of the molecule is O=C(Cn1nc(-c2nc(-c3cccc(Cl)c3)no2)ccc1=O)Nc1ccc(F)cc1. The van der Waals surface area contributed by atoms with Gasteiger partial charge >= 0.3 is 0 Å². The Kier molecular flexibility index (Phi) is 5.36. The van der Waals surface area contributed by atoms with Gasteiger partial charge in [0.05, 0.1) is 0 Å². The topological polar surface area (TPSA) is 103 Å². The van der Waals surface area contributed by atoms with Gasteiger partial charge in [0.15, 0.2) is 0 Å². The van der Waals surface area contributed by atoms with Crippen molar-refractivity contribution in [1.82, 2.24) is 19.9 Å². The first kappa shape index (κ1) is 19.5. The van der Waals surface area contributed by atoms with Crippen molar-refractivity contribution in [3.63, 3.8) is 0 Å². The third-order valence-electron chi connectivity index (χ3n) is 4.02. The van der Waals surface area contributed by atoms with Gasteiger partial charge in [0.1, 0.15) is 18.1 Å². The molecule has 0 atom stereocenters. The molecule has 1 amide bonds. The van der Waals surface area contributed by atoms with E-state index in [0.29, 0.717) is 22.1 Å². The molecule has 1 N–H and O–H groups in total. The fourth-order valence-corrected chi connectivity index (χ4v) is 2.81. The quantitative estimate of drug-likeness (QED) is 0.525. The number of anilines is 1. The number of aromatic nitrogens is 4. The molecule has 4 rings (SSSR count). The third kappa shape index (κ3) is 4.41. The molecule has 0 aliphatic carbocycles. The lowest BCUT2D eigenvalue weighted by atomic mass is 10.2. The Labute approximate surface area is 173 Å². The smallest absolute Gasteiger partial charge is 0.278 e. The number of benzene rings is 2. The molecule has 2 heterocycles. The van der Waals surface area contributed by atoms with Crippen LogP contribution in [0, 0.1) is 5.82 Å². The van der Waals surface area contributed by atoms with Crippen molar-refractivity contribution in [2.24, 2.45) is 0 Å². The minimum atomic E-state index is -0.501. The van der Waals surface area contributed by atoms with Gasteiger partial charge in [-0.25, -0.2) is 9.07 Å². The summed E-state index contributed by atoms with van der Waals surface area (Å²) in [6.45, 7) is -0.348. The molecule has 0 saturated carbocycles. The molecule has 2 aromatic carbocycles. The van der Waals surface area contributed by atoms with E-state index in [-0.39, 0.29) is 18.1 Å². The Balaban J connectivity index is 1.54. The Bertz CT molecular complexity index is 1270. The Hall–Kier alpha value is -3.85. The number of hydrogen-bond donors (Lipinski definition) is 1. The van der Waals surface area contributed by atoms with Crippen molar-refractivity contribution >= 4 is 23.2 Å². The molecule has 0 spiro atoms. The molecular formula is C20H13ClFN5O3. The molecule has 150 valence electrons. The maximum atomic E-state index is 13.0. The lowest BCUT2D eigenvalue weighted by Gasteiger charge is -2.07. The van der Waals surface area contributed by atoms with Crippen molar-refractivity contribution < 1.29 is 13.7 Å². The van der Waals surface area contributed by atoms with E-state index in [9.17, 15) is 14.0 Å². The maximum absolute atomic E-state index is 13.0. The van der Waals surface area contributed by atoms with Crippen LogP contribution in [0.15, 0.2) is 70.0 Å². The molecular weight excluding hydrogens is 413 g/mol. The summed E-state index contributed by atoms with van der Waals surface area (Å²) in [5.41, 5.74) is 0.797. The summed E-state index contributed by atoms with van der Waals surface area (Å²) in [7, 11) is 0. The lowest BCUT2D eigenvalue weighted by molar-refractivity contribution is -0.117. The van der Waals surface area contributed by atoms with Crippen LogP contribution in [0.1, 0.15) is 0 Å². The number of hydrogen-bond acceptors (Lipinski definition) is 6. The summed E-state index contributed by atoms with van der Waals surface area (Å²) in [6, 6.07) is 14.9. The number of carbonyl (C=O) groups is 1. The number of rotatable bonds is 5. The molecule has 4 aromatic rings. The summed E-state index contributed by atoms with van der Waals surface area (Å²) >= 11 is 5.98. The summed E-state index contributed by atoms with van der Waals surface area (Å²) in [4.78, 5) is 28.6. The summed E-state index contributed by atoms with van der Waals surface area (Å²) < 4.78 is 19.2. The van der Waals surface area contributed by atoms with Gasteiger partial charge in [0.2, 0.25) is 11.7 Å². The van der Waals surface area contributed by atoms with Crippen LogP contribution < -0.4 is 10.9 Å². The zero-order chi connectivity index (χ0) is 21.1. The van der Waals surface area contributed by atoms with Gasteiger partial charge in [0.25, 0.3) is 11.4 Å². The number of amides is 1. The molecule has 2 aromatic heterocycles. The maximum Gasteiger partial charge on any atom is 0.278 e. The second kappa shape index (κ2) is 8.26. The molecule has 0 unspecified atom stereocenters. The van der Waals surface area contributed by atoms with Gasteiger partial charge < -0.3 is 9.84 Å². The predicted octanol–water partition coefficient (Wildman–Crippen LogP) is 3.39. The van der Waals surface area contributed by atoms with Crippen LogP contribution in [-0.4, -0.2) is 25.8 Å². The molecule has 8 nitrogen and oxygen atoms in total. The molecule has 0 fully saturated rings. The molecule has 0 saturated heterocycles. The van der Waals surface area contributed by atoms with E-state index in [0.717, 1.165) is 4.68 Å². The fraction of sp³-hybridized carbons (Fsp3) is 0.0500. The largest absolute Gasteiger partial charge is 0.332 e. The molecule has 0 aliphatic heterocycles. The van der Waals surface area contributed by atoms with Crippen LogP contribution in [0.5, 0.6) is 0 Å². The Morgan fingerprint density at radius 1 is 1.13 bits per heavy atom. The number of halogens is 2. The van der Waals surface area contributed by atoms with E-state index < -0.39 is 17.3 Å². The van der Waals surface area contributed by atoms with Crippen LogP contribution in [-0.2, 0) is 11.3 Å². The summed E-state index contributed by atoms with van der Waals surface area (Å²) in [5.74, 6) is -0.535. The second-order valence-electron chi connectivity index (χ2n) is 6.20. The van der Waals surface area contributed by atoms with Crippen molar-refractivity contribution in [3.8, 4) is 23.0 Å². The van der Waals surface area contributed by atoms with Gasteiger partial charge in [-0.1, -0.05) is 28.9 Å². The van der Waals surface area contributed by atoms with Crippen LogP contribution >= 0.6 is 11.6 Å². The molecule has 0 bridgehead atoms. The van der Waals surface area contributed by atoms with Crippen LogP contribution in [0.25, 0.3) is 23.0 Å². The molecule has 30 heavy (non-hydrogen) atoms. The lowest BCUT2D eigenvalue weighted by Crippen LogP contribution is -2.29. The van der Waals surface area contributed by atoms with E-state index in [1.165, 1.54) is 36.4 Å². The fourth-order valence-electron chi connectivity index (χ4n) is 2.62. The zero-order valence-electron chi connectivity index (χ0n) is 15.3. The van der Waals surface area contributed by atoms with E-state index in [4.69, 9.17) is 16.1 Å². The minimum absolute atomic E-state index is 0.0812. The highest BCUT2D eigenvalue weighted by atomic mass is 35.5. The average molecular weight is 426 g/mol.